The van der Waals surface area contributed by atoms with Crippen LogP contribution in [0.25, 0.3) is 0 Å². The predicted octanol–water partition coefficient (Wildman–Crippen LogP) is 2.78. The minimum atomic E-state index is -0.195. The van der Waals surface area contributed by atoms with E-state index in [2.05, 4.69) is 22.3 Å². The first kappa shape index (κ1) is 17.6. The summed E-state index contributed by atoms with van der Waals surface area (Å²) in [4.78, 5) is 14.8. The van der Waals surface area contributed by atoms with Crippen LogP contribution in [-0.2, 0) is 11.3 Å². The molecule has 1 unspecified atom stereocenters. The summed E-state index contributed by atoms with van der Waals surface area (Å²) >= 11 is 0. The van der Waals surface area contributed by atoms with Gasteiger partial charge in [0, 0.05) is 19.2 Å². The van der Waals surface area contributed by atoms with Gasteiger partial charge in [-0.15, -0.1) is 0 Å². The van der Waals surface area contributed by atoms with E-state index in [4.69, 9.17) is 9.26 Å². The molecule has 25 heavy (non-hydrogen) atoms. The Labute approximate surface area is 148 Å². The standard InChI is InChI=1S/C19H25N3O3/c1-2-6-17(15-7-4-3-5-8-15)20-19(23)18-13-16(25-21-18)14-22-9-11-24-12-10-22/h3-5,7-8,13,17H,2,6,9-12,14H2,1H3,(H,20,23). The molecular formula is C19H25N3O3. The maximum atomic E-state index is 12.5. The molecule has 0 bridgehead atoms. The second kappa shape index (κ2) is 8.78. The molecule has 1 amide bonds. The van der Waals surface area contributed by atoms with Crippen molar-refractivity contribution < 1.29 is 14.1 Å². The van der Waals surface area contributed by atoms with E-state index < -0.39 is 0 Å². The molecule has 1 N–H and O–H groups in total. The van der Waals surface area contributed by atoms with Crippen LogP contribution in [0.4, 0.5) is 0 Å². The average Bonchev–Trinajstić information content (AvgIpc) is 3.11. The van der Waals surface area contributed by atoms with Crippen molar-refractivity contribution in [1.29, 1.82) is 0 Å². The number of nitrogens with one attached hydrogen (secondary N) is 1. The van der Waals surface area contributed by atoms with Crippen molar-refractivity contribution in [3.8, 4) is 0 Å². The third-order valence-corrected chi connectivity index (χ3v) is 4.36. The van der Waals surface area contributed by atoms with E-state index >= 15 is 0 Å². The zero-order chi connectivity index (χ0) is 17.5. The second-order valence-corrected chi connectivity index (χ2v) is 6.29. The van der Waals surface area contributed by atoms with Crippen LogP contribution in [0, 0.1) is 0 Å². The van der Waals surface area contributed by atoms with Crippen LogP contribution in [-0.4, -0.2) is 42.3 Å². The van der Waals surface area contributed by atoms with Gasteiger partial charge in [0.2, 0.25) is 0 Å². The number of hydrogen-bond donors (Lipinski definition) is 1. The highest BCUT2D eigenvalue weighted by Gasteiger charge is 2.19. The number of benzene rings is 1. The summed E-state index contributed by atoms with van der Waals surface area (Å²) in [7, 11) is 0. The van der Waals surface area contributed by atoms with Gasteiger partial charge >= 0.3 is 0 Å². The minimum absolute atomic E-state index is 0.0157. The van der Waals surface area contributed by atoms with E-state index in [1.807, 2.05) is 30.3 Å². The van der Waals surface area contributed by atoms with Crippen LogP contribution in [0.15, 0.2) is 40.9 Å². The molecule has 1 aliphatic heterocycles. The van der Waals surface area contributed by atoms with Gasteiger partial charge in [0.15, 0.2) is 11.5 Å². The lowest BCUT2D eigenvalue weighted by Crippen LogP contribution is -2.35. The van der Waals surface area contributed by atoms with Crippen LogP contribution >= 0.6 is 0 Å². The third kappa shape index (κ3) is 4.90. The monoisotopic (exact) mass is 343 g/mol. The van der Waals surface area contributed by atoms with Gasteiger partial charge in [-0.1, -0.05) is 48.8 Å². The zero-order valence-electron chi connectivity index (χ0n) is 14.6. The van der Waals surface area contributed by atoms with E-state index in [-0.39, 0.29) is 11.9 Å². The topological polar surface area (TPSA) is 67.6 Å². The van der Waals surface area contributed by atoms with Gasteiger partial charge in [0.05, 0.1) is 25.8 Å². The lowest BCUT2D eigenvalue weighted by molar-refractivity contribution is 0.0305. The van der Waals surface area contributed by atoms with E-state index in [1.165, 1.54) is 0 Å². The van der Waals surface area contributed by atoms with Crippen LogP contribution in [0.5, 0.6) is 0 Å². The van der Waals surface area contributed by atoms with Crippen molar-refractivity contribution in [2.45, 2.75) is 32.4 Å². The maximum Gasteiger partial charge on any atom is 0.273 e. The molecule has 1 aliphatic rings. The van der Waals surface area contributed by atoms with E-state index in [1.54, 1.807) is 6.07 Å². The summed E-state index contributed by atoms with van der Waals surface area (Å²) in [5.74, 6) is 0.512. The Morgan fingerprint density at radius 2 is 2.04 bits per heavy atom. The average molecular weight is 343 g/mol. The maximum absolute atomic E-state index is 12.5. The SMILES string of the molecule is CCCC(NC(=O)c1cc(CN2CCOCC2)on1)c1ccccc1. The Morgan fingerprint density at radius 1 is 1.28 bits per heavy atom. The minimum Gasteiger partial charge on any atom is -0.379 e. The van der Waals surface area contributed by atoms with Crippen molar-refractivity contribution in [3.05, 3.63) is 53.4 Å². The van der Waals surface area contributed by atoms with Crippen LogP contribution in [0.3, 0.4) is 0 Å². The van der Waals surface area contributed by atoms with Crippen LogP contribution in [0.2, 0.25) is 0 Å². The van der Waals surface area contributed by atoms with Gasteiger partial charge in [-0.25, -0.2) is 0 Å². The fourth-order valence-corrected chi connectivity index (χ4v) is 3.00. The molecule has 0 saturated carbocycles. The van der Waals surface area contributed by atoms with Gasteiger partial charge in [0.25, 0.3) is 5.91 Å². The van der Waals surface area contributed by atoms with Crippen molar-refractivity contribution in [1.82, 2.24) is 15.4 Å². The van der Waals surface area contributed by atoms with Gasteiger partial charge < -0.3 is 14.6 Å². The fourth-order valence-electron chi connectivity index (χ4n) is 3.00. The number of carbonyl (C=O) groups is 1. The normalized spacial score (nSPS) is 16.5. The van der Waals surface area contributed by atoms with E-state index in [0.717, 1.165) is 44.7 Å². The molecule has 0 radical (unpaired) electrons. The first-order valence-electron chi connectivity index (χ1n) is 8.87. The molecule has 134 valence electrons. The number of aromatic nitrogens is 1. The van der Waals surface area contributed by atoms with Crippen LogP contribution < -0.4 is 5.32 Å². The summed E-state index contributed by atoms with van der Waals surface area (Å²) in [6.07, 6.45) is 1.87. The molecule has 1 saturated heterocycles. The fraction of sp³-hybridized carbons (Fsp3) is 0.474. The molecule has 3 rings (SSSR count). The lowest BCUT2D eigenvalue weighted by Gasteiger charge is -2.25. The molecule has 1 aromatic carbocycles. The first-order chi connectivity index (χ1) is 12.3. The van der Waals surface area contributed by atoms with Gasteiger partial charge in [-0.3, -0.25) is 9.69 Å². The zero-order valence-corrected chi connectivity index (χ0v) is 14.6. The number of carbonyl (C=O) groups excluding carboxylic acids is 1. The number of rotatable bonds is 7. The highest BCUT2D eigenvalue weighted by molar-refractivity contribution is 5.92. The van der Waals surface area contributed by atoms with Gasteiger partial charge in [-0.05, 0) is 12.0 Å². The van der Waals surface area contributed by atoms with Crippen molar-refractivity contribution in [2.24, 2.45) is 0 Å². The molecule has 6 nitrogen and oxygen atoms in total. The molecule has 0 aliphatic carbocycles. The van der Waals surface area contributed by atoms with Crippen molar-refractivity contribution in [2.75, 3.05) is 26.3 Å². The molecule has 0 spiro atoms. The molecular weight excluding hydrogens is 318 g/mol. The molecule has 1 fully saturated rings. The Kier molecular flexibility index (Phi) is 6.19. The number of hydrogen-bond acceptors (Lipinski definition) is 5. The Bertz CT molecular complexity index is 666. The van der Waals surface area contributed by atoms with Crippen molar-refractivity contribution >= 4 is 5.91 Å². The number of nitrogens with zero attached hydrogens (tertiary/aromatic N) is 2. The van der Waals surface area contributed by atoms with Gasteiger partial charge in [0.1, 0.15) is 0 Å². The number of ether oxygens (including phenoxy) is 1. The highest BCUT2D eigenvalue weighted by atomic mass is 16.5. The van der Waals surface area contributed by atoms with E-state index in [9.17, 15) is 4.79 Å². The number of amides is 1. The highest BCUT2D eigenvalue weighted by Crippen LogP contribution is 2.19. The second-order valence-electron chi connectivity index (χ2n) is 6.29. The first-order valence-corrected chi connectivity index (χ1v) is 8.87. The Morgan fingerprint density at radius 3 is 2.76 bits per heavy atom. The summed E-state index contributed by atoms with van der Waals surface area (Å²) in [5.41, 5.74) is 1.44. The Hall–Kier alpha value is -2.18. The van der Waals surface area contributed by atoms with Crippen LogP contribution in [0.1, 0.15) is 47.6 Å². The summed E-state index contributed by atoms with van der Waals surface area (Å²) < 4.78 is 10.7. The predicted molar refractivity (Wildman–Crippen MR) is 94.2 cm³/mol. The molecule has 6 heteroatoms. The number of morpholine rings is 1. The third-order valence-electron chi connectivity index (χ3n) is 4.36. The molecule has 2 heterocycles. The molecule has 1 aromatic heterocycles. The summed E-state index contributed by atoms with van der Waals surface area (Å²) in [6, 6.07) is 11.7. The largest absolute Gasteiger partial charge is 0.379 e. The van der Waals surface area contributed by atoms with E-state index in [0.29, 0.717) is 18.0 Å². The summed E-state index contributed by atoms with van der Waals surface area (Å²) in [5, 5.41) is 7.02. The van der Waals surface area contributed by atoms with Gasteiger partial charge in [-0.2, -0.15) is 0 Å². The molecule has 1 atom stereocenters. The lowest BCUT2D eigenvalue weighted by atomic mass is 10.0. The smallest absolute Gasteiger partial charge is 0.273 e. The Balaban J connectivity index is 1.62. The van der Waals surface area contributed by atoms with Crippen molar-refractivity contribution in [3.63, 3.8) is 0 Å². The summed E-state index contributed by atoms with van der Waals surface area (Å²) in [6.45, 7) is 5.97. The quantitative estimate of drug-likeness (QED) is 0.837. The molecule has 2 aromatic rings.